The number of benzene rings is 2. The van der Waals surface area contributed by atoms with Gasteiger partial charge in [0, 0.05) is 11.4 Å². The van der Waals surface area contributed by atoms with E-state index in [0.29, 0.717) is 22.7 Å². The number of hydrogen-bond donors (Lipinski definition) is 2. The van der Waals surface area contributed by atoms with Gasteiger partial charge in [0.25, 0.3) is 0 Å². The van der Waals surface area contributed by atoms with Crippen LogP contribution in [0.5, 0.6) is 0 Å². The van der Waals surface area contributed by atoms with Crippen LogP contribution in [0.15, 0.2) is 48.7 Å². The fourth-order valence-corrected chi connectivity index (χ4v) is 3.94. The Morgan fingerprint density at radius 2 is 1.79 bits per heavy atom. The average Bonchev–Trinajstić information content (AvgIpc) is 2.76. The lowest BCUT2D eigenvalue weighted by Crippen LogP contribution is -2.12. The third-order valence-electron chi connectivity index (χ3n) is 5.50. The second-order valence-electron chi connectivity index (χ2n) is 9.30. The standard InChI is InChI=1S/C27H36ClN5/c1-19(2)16-22-11-6-7-12-25(22)30-26-23(28)18-29-27(32-26)31-24-14-13-21(17-20(24)3)10-8-9-15-33(4)5/h6-7,11-14,17-19H,8-10,15-16H2,1-5H3,(H2,29,30,31,32). The van der Waals surface area contributed by atoms with E-state index in [-0.39, 0.29) is 0 Å². The highest BCUT2D eigenvalue weighted by Gasteiger charge is 2.11. The fraction of sp³-hybridized carbons (Fsp3) is 0.407. The van der Waals surface area contributed by atoms with Gasteiger partial charge in [0.05, 0.1) is 6.20 Å². The van der Waals surface area contributed by atoms with Crippen LogP contribution in [0, 0.1) is 12.8 Å². The smallest absolute Gasteiger partial charge is 0.229 e. The molecule has 0 aliphatic rings. The molecule has 3 rings (SSSR count). The van der Waals surface area contributed by atoms with Crippen molar-refractivity contribution in [2.45, 2.75) is 46.5 Å². The summed E-state index contributed by atoms with van der Waals surface area (Å²) in [7, 11) is 4.24. The number of aryl methyl sites for hydroxylation is 2. The summed E-state index contributed by atoms with van der Waals surface area (Å²) in [5.41, 5.74) is 5.80. The van der Waals surface area contributed by atoms with Gasteiger partial charge >= 0.3 is 0 Å². The van der Waals surface area contributed by atoms with Gasteiger partial charge in [-0.1, -0.05) is 55.8 Å². The summed E-state index contributed by atoms with van der Waals surface area (Å²) in [6, 6.07) is 14.8. The monoisotopic (exact) mass is 465 g/mol. The second-order valence-corrected chi connectivity index (χ2v) is 9.71. The molecule has 1 aromatic heterocycles. The number of aromatic nitrogens is 2. The lowest BCUT2D eigenvalue weighted by molar-refractivity contribution is 0.394. The molecule has 0 spiro atoms. The van der Waals surface area contributed by atoms with Crippen LogP contribution in [0.25, 0.3) is 0 Å². The number of unbranched alkanes of at least 4 members (excludes halogenated alkanes) is 1. The average molecular weight is 466 g/mol. The molecule has 0 unspecified atom stereocenters. The predicted octanol–water partition coefficient (Wildman–Crippen LogP) is 7.01. The van der Waals surface area contributed by atoms with Crippen molar-refractivity contribution in [1.82, 2.24) is 14.9 Å². The van der Waals surface area contributed by atoms with Crippen molar-refractivity contribution < 1.29 is 0 Å². The topological polar surface area (TPSA) is 53.1 Å². The van der Waals surface area contributed by atoms with Crippen LogP contribution in [0.4, 0.5) is 23.1 Å². The van der Waals surface area contributed by atoms with Gasteiger partial charge < -0.3 is 15.5 Å². The van der Waals surface area contributed by atoms with Crippen LogP contribution in [-0.2, 0) is 12.8 Å². The number of nitrogens with zero attached hydrogens (tertiary/aromatic N) is 3. The number of nitrogens with one attached hydrogen (secondary N) is 2. The van der Waals surface area contributed by atoms with E-state index in [1.54, 1.807) is 6.20 Å². The summed E-state index contributed by atoms with van der Waals surface area (Å²) in [6.45, 7) is 7.68. The molecule has 0 amide bonds. The third-order valence-corrected chi connectivity index (χ3v) is 5.78. The Labute approximate surface area is 203 Å². The van der Waals surface area contributed by atoms with Gasteiger partial charge in [-0.05, 0) is 88.0 Å². The number of rotatable bonds is 11. The predicted molar refractivity (Wildman–Crippen MR) is 141 cm³/mol. The Morgan fingerprint density at radius 3 is 2.52 bits per heavy atom. The molecule has 0 aliphatic heterocycles. The lowest BCUT2D eigenvalue weighted by Gasteiger charge is -2.15. The zero-order valence-electron chi connectivity index (χ0n) is 20.5. The molecule has 0 saturated heterocycles. The number of halogens is 1. The van der Waals surface area contributed by atoms with Crippen molar-refractivity contribution in [1.29, 1.82) is 0 Å². The van der Waals surface area contributed by atoms with Gasteiger partial charge in [-0.2, -0.15) is 4.98 Å². The highest BCUT2D eigenvalue weighted by molar-refractivity contribution is 6.32. The first kappa shape index (κ1) is 25.0. The van der Waals surface area contributed by atoms with Crippen molar-refractivity contribution in [3.8, 4) is 0 Å². The molecule has 2 N–H and O–H groups in total. The summed E-state index contributed by atoms with van der Waals surface area (Å²) in [4.78, 5) is 11.3. The summed E-state index contributed by atoms with van der Waals surface area (Å²) in [5.74, 6) is 1.68. The minimum Gasteiger partial charge on any atom is -0.339 e. The van der Waals surface area contributed by atoms with E-state index in [2.05, 4.69) is 96.8 Å². The van der Waals surface area contributed by atoms with Crippen molar-refractivity contribution >= 4 is 34.7 Å². The molecule has 1 heterocycles. The Morgan fingerprint density at radius 1 is 1.00 bits per heavy atom. The van der Waals surface area contributed by atoms with Gasteiger partial charge in [-0.3, -0.25) is 0 Å². The lowest BCUT2D eigenvalue weighted by atomic mass is 10.0. The van der Waals surface area contributed by atoms with Crippen LogP contribution in [0.1, 0.15) is 43.4 Å². The fourth-order valence-electron chi connectivity index (χ4n) is 3.80. The van der Waals surface area contributed by atoms with Crippen LogP contribution in [0.3, 0.4) is 0 Å². The molecule has 33 heavy (non-hydrogen) atoms. The highest BCUT2D eigenvalue weighted by atomic mass is 35.5. The molecule has 3 aromatic rings. The van der Waals surface area contributed by atoms with Crippen LogP contribution in [0.2, 0.25) is 5.02 Å². The Kier molecular flexibility index (Phi) is 9.10. The Bertz CT molecular complexity index is 1050. The van der Waals surface area contributed by atoms with Crippen LogP contribution >= 0.6 is 11.6 Å². The summed E-state index contributed by atoms with van der Waals surface area (Å²) in [5, 5.41) is 7.25. The molecule has 0 bridgehead atoms. The molecule has 0 radical (unpaired) electrons. The van der Waals surface area contributed by atoms with Crippen molar-refractivity contribution in [2.24, 2.45) is 5.92 Å². The van der Waals surface area contributed by atoms with Gasteiger partial charge in [0.15, 0.2) is 5.82 Å². The number of anilines is 4. The van der Waals surface area contributed by atoms with Crippen molar-refractivity contribution in [3.63, 3.8) is 0 Å². The molecule has 0 fully saturated rings. The van der Waals surface area contributed by atoms with E-state index < -0.39 is 0 Å². The number of para-hydroxylation sites is 1. The zero-order chi connectivity index (χ0) is 23.8. The van der Waals surface area contributed by atoms with Crippen molar-refractivity contribution in [3.05, 3.63) is 70.4 Å². The molecule has 0 atom stereocenters. The summed E-state index contributed by atoms with van der Waals surface area (Å²) >= 11 is 6.42. The third kappa shape index (κ3) is 7.72. The molecule has 2 aromatic carbocycles. The van der Waals surface area contributed by atoms with E-state index >= 15 is 0 Å². The Hall–Kier alpha value is -2.63. The van der Waals surface area contributed by atoms with Crippen LogP contribution < -0.4 is 10.6 Å². The second kappa shape index (κ2) is 12.0. The summed E-state index contributed by atoms with van der Waals surface area (Å²) in [6.07, 6.45) is 6.12. The minimum absolute atomic E-state index is 0.490. The Balaban J connectivity index is 1.70. The maximum absolute atomic E-state index is 6.42. The number of hydrogen-bond acceptors (Lipinski definition) is 5. The van der Waals surface area contributed by atoms with E-state index in [1.165, 1.54) is 29.5 Å². The van der Waals surface area contributed by atoms with Gasteiger partial charge in [-0.25, -0.2) is 4.98 Å². The minimum atomic E-state index is 0.490. The molecule has 5 nitrogen and oxygen atoms in total. The van der Waals surface area contributed by atoms with E-state index in [4.69, 9.17) is 11.6 Å². The molecule has 6 heteroatoms. The first-order valence-corrected chi connectivity index (χ1v) is 12.1. The SMILES string of the molecule is Cc1cc(CCCCN(C)C)ccc1Nc1ncc(Cl)c(Nc2ccccc2CC(C)C)n1. The quantitative estimate of drug-likeness (QED) is 0.298. The van der Waals surface area contributed by atoms with Crippen molar-refractivity contribution in [2.75, 3.05) is 31.3 Å². The largest absolute Gasteiger partial charge is 0.339 e. The molecule has 0 aliphatic carbocycles. The first-order chi connectivity index (χ1) is 15.8. The molecule has 0 saturated carbocycles. The molecular formula is C27H36ClN5. The van der Waals surface area contributed by atoms with Gasteiger partial charge in [0.1, 0.15) is 5.02 Å². The normalized spacial score (nSPS) is 11.3. The van der Waals surface area contributed by atoms with E-state index in [1.807, 2.05) is 6.07 Å². The van der Waals surface area contributed by atoms with E-state index in [0.717, 1.165) is 30.8 Å². The van der Waals surface area contributed by atoms with Gasteiger partial charge in [-0.15, -0.1) is 0 Å². The zero-order valence-corrected chi connectivity index (χ0v) is 21.2. The highest BCUT2D eigenvalue weighted by Crippen LogP contribution is 2.28. The van der Waals surface area contributed by atoms with E-state index in [9.17, 15) is 0 Å². The molecular weight excluding hydrogens is 430 g/mol. The maximum Gasteiger partial charge on any atom is 0.229 e. The van der Waals surface area contributed by atoms with Gasteiger partial charge in [0.2, 0.25) is 5.95 Å². The summed E-state index contributed by atoms with van der Waals surface area (Å²) < 4.78 is 0. The first-order valence-electron chi connectivity index (χ1n) is 11.7. The molecule has 176 valence electrons. The van der Waals surface area contributed by atoms with Crippen LogP contribution in [-0.4, -0.2) is 35.5 Å². The maximum atomic E-state index is 6.42.